The first-order valence-corrected chi connectivity index (χ1v) is 10.5. The van der Waals surface area contributed by atoms with Gasteiger partial charge in [0.15, 0.2) is 0 Å². The number of nitrogens with one attached hydrogen (secondary N) is 1. The Kier molecular flexibility index (Phi) is 5.68. The Hall–Kier alpha value is -4.07. The van der Waals surface area contributed by atoms with E-state index in [0.717, 1.165) is 5.56 Å². The summed E-state index contributed by atoms with van der Waals surface area (Å²) in [5.41, 5.74) is 5.50. The van der Waals surface area contributed by atoms with Crippen LogP contribution < -0.4 is 11.1 Å². The van der Waals surface area contributed by atoms with E-state index in [0.29, 0.717) is 11.3 Å². The van der Waals surface area contributed by atoms with Gasteiger partial charge >= 0.3 is 11.9 Å². The van der Waals surface area contributed by atoms with Gasteiger partial charge < -0.3 is 25.3 Å². The minimum absolute atomic E-state index is 0.0270. The highest BCUT2D eigenvalue weighted by atomic mass is 16.6. The molecule has 0 saturated heterocycles. The van der Waals surface area contributed by atoms with Crippen LogP contribution >= 0.6 is 0 Å². The van der Waals surface area contributed by atoms with Gasteiger partial charge in [-0.3, -0.25) is 4.79 Å². The zero-order valence-electron chi connectivity index (χ0n) is 18.5. The number of anilines is 1. The van der Waals surface area contributed by atoms with E-state index in [1.54, 1.807) is 38.1 Å². The van der Waals surface area contributed by atoms with Gasteiger partial charge in [0, 0.05) is 11.3 Å². The van der Waals surface area contributed by atoms with Crippen LogP contribution in [-0.4, -0.2) is 23.9 Å². The van der Waals surface area contributed by atoms with E-state index in [1.165, 1.54) is 6.92 Å². The molecular formula is C25H24N2O6. The number of amides is 1. The van der Waals surface area contributed by atoms with Crippen LogP contribution in [0.25, 0.3) is 0 Å². The maximum atomic E-state index is 13.6. The van der Waals surface area contributed by atoms with Gasteiger partial charge in [-0.25, -0.2) is 9.59 Å². The number of carbonyl (C=O) groups excluding carboxylic acids is 3. The van der Waals surface area contributed by atoms with Crippen LogP contribution in [0.15, 0.2) is 77.4 Å². The van der Waals surface area contributed by atoms with Crippen LogP contribution in [0.1, 0.15) is 31.9 Å². The molecule has 2 aromatic rings. The molecule has 0 saturated carbocycles. The molecular weight excluding hydrogens is 424 g/mol. The molecule has 4 rings (SSSR count). The molecule has 8 heteroatoms. The molecule has 1 atom stereocenters. The third-order valence-corrected chi connectivity index (χ3v) is 5.50. The van der Waals surface area contributed by atoms with E-state index >= 15 is 0 Å². The Labute approximate surface area is 191 Å². The number of carbonyl (C=O) groups is 3. The Morgan fingerprint density at radius 3 is 2.39 bits per heavy atom. The zero-order valence-corrected chi connectivity index (χ0v) is 18.5. The zero-order chi connectivity index (χ0) is 23.8. The van der Waals surface area contributed by atoms with E-state index in [1.807, 2.05) is 30.3 Å². The minimum atomic E-state index is -1.87. The molecule has 0 aliphatic carbocycles. The summed E-state index contributed by atoms with van der Waals surface area (Å²) in [4.78, 5) is 40.2. The van der Waals surface area contributed by atoms with Crippen LogP contribution in [0.3, 0.4) is 0 Å². The molecule has 2 aliphatic rings. The van der Waals surface area contributed by atoms with Gasteiger partial charge in [0.05, 0.1) is 6.10 Å². The molecule has 1 unspecified atom stereocenters. The van der Waals surface area contributed by atoms with Gasteiger partial charge in [-0.1, -0.05) is 48.5 Å². The average Bonchev–Trinajstić information content (AvgIpc) is 3.04. The monoisotopic (exact) mass is 448 g/mol. The maximum absolute atomic E-state index is 13.6. The highest BCUT2D eigenvalue weighted by molar-refractivity contribution is 6.21. The van der Waals surface area contributed by atoms with Crippen LogP contribution in [0.2, 0.25) is 0 Å². The van der Waals surface area contributed by atoms with Gasteiger partial charge in [-0.2, -0.15) is 0 Å². The maximum Gasteiger partial charge on any atom is 0.341 e. The number of hydrogen-bond donors (Lipinski definition) is 2. The number of ether oxygens (including phenoxy) is 3. The summed E-state index contributed by atoms with van der Waals surface area (Å²) in [6.45, 7) is 4.82. The van der Waals surface area contributed by atoms with Crippen LogP contribution in [0.5, 0.6) is 0 Å². The summed E-state index contributed by atoms with van der Waals surface area (Å²) in [5, 5.41) is 2.76. The number of esters is 2. The van der Waals surface area contributed by atoms with E-state index in [4.69, 9.17) is 19.9 Å². The molecule has 170 valence electrons. The number of allylic oxidation sites excluding steroid dienone is 1. The fraction of sp³-hybridized carbons (Fsp3) is 0.240. The second kappa shape index (κ2) is 8.46. The Bertz CT molecular complexity index is 1200. The second-order valence-corrected chi connectivity index (χ2v) is 8.04. The molecule has 2 heterocycles. The summed E-state index contributed by atoms with van der Waals surface area (Å²) in [6.07, 6.45) is -0.491. The van der Waals surface area contributed by atoms with Crippen molar-refractivity contribution in [3.63, 3.8) is 0 Å². The quantitative estimate of drug-likeness (QED) is 0.675. The van der Waals surface area contributed by atoms with Crippen molar-refractivity contribution in [1.29, 1.82) is 0 Å². The smallest absolute Gasteiger partial charge is 0.341 e. The molecule has 1 spiro atoms. The van der Waals surface area contributed by atoms with Gasteiger partial charge in [-0.05, 0) is 32.4 Å². The van der Waals surface area contributed by atoms with Crippen LogP contribution in [0, 0.1) is 0 Å². The molecule has 3 N–H and O–H groups in total. The molecule has 2 aromatic carbocycles. The summed E-state index contributed by atoms with van der Waals surface area (Å²) in [7, 11) is 0. The molecule has 2 aliphatic heterocycles. The lowest BCUT2D eigenvalue weighted by atomic mass is 9.67. The van der Waals surface area contributed by atoms with E-state index in [-0.39, 0.29) is 29.4 Å². The Balaban J connectivity index is 1.86. The average molecular weight is 448 g/mol. The molecule has 1 amide bonds. The van der Waals surface area contributed by atoms with E-state index < -0.39 is 29.4 Å². The van der Waals surface area contributed by atoms with Crippen molar-refractivity contribution in [2.24, 2.45) is 5.73 Å². The summed E-state index contributed by atoms with van der Waals surface area (Å²) in [5.74, 6) is -2.50. The molecule has 0 bridgehead atoms. The Morgan fingerprint density at radius 1 is 1.03 bits per heavy atom. The van der Waals surface area contributed by atoms with Gasteiger partial charge in [-0.15, -0.1) is 0 Å². The Morgan fingerprint density at radius 2 is 1.70 bits per heavy atom. The lowest BCUT2D eigenvalue weighted by Crippen LogP contribution is -2.48. The molecule has 0 aromatic heterocycles. The molecule has 0 radical (unpaired) electrons. The van der Waals surface area contributed by atoms with Crippen LogP contribution in [-0.2, 0) is 40.6 Å². The van der Waals surface area contributed by atoms with Crippen LogP contribution in [0.4, 0.5) is 5.69 Å². The number of fused-ring (bicyclic) bond motifs is 2. The second-order valence-electron chi connectivity index (χ2n) is 8.04. The number of hydrogen-bond acceptors (Lipinski definition) is 7. The first-order valence-electron chi connectivity index (χ1n) is 10.5. The number of rotatable bonds is 5. The van der Waals surface area contributed by atoms with Crippen molar-refractivity contribution < 1.29 is 28.6 Å². The summed E-state index contributed by atoms with van der Waals surface area (Å²) < 4.78 is 16.5. The summed E-state index contributed by atoms with van der Waals surface area (Å²) in [6, 6.07) is 15.9. The largest absolute Gasteiger partial charge is 0.459 e. The number of para-hydroxylation sites is 1. The predicted molar refractivity (Wildman–Crippen MR) is 119 cm³/mol. The van der Waals surface area contributed by atoms with Gasteiger partial charge in [0.25, 0.3) is 0 Å². The van der Waals surface area contributed by atoms with Gasteiger partial charge in [0.1, 0.15) is 28.9 Å². The van der Waals surface area contributed by atoms with Crippen molar-refractivity contribution in [3.8, 4) is 0 Å². The highest BCUT2D eigenvalue weighted by Crippen LogP contribution is 2.52. The fourth-order valence-electron chi connectivity index (χ4n) is 4.21. The topological polar surface area (TPSA) is 117 Å². The first-order chi connectivity index (χ1) is 15.8. The van der Waals surface area contributed by atoms with Crippen molar-refractivity contribution in [2.75, 3.05) is 5.32 Å². The standard InChI is InChI=1S/C25H24N2O6/c1-14(2)32-23(29)20-21(26)33-15(3)19(22(28)31-13-16-9-5-4-6-10-16)25(20)17-11-7-8-12-18(17)27-24(25)30/h4-12,14H,13,26H2,1-3H3,(H,27,30). The summed E-state index contributed by atoms with van der Waals surface area (Å²) >= 11 is 0. The molecule has 8 nitrogen and oxygen atoms in total. The van der Waals surface area contributed by atoms with Crippen molar-refractivity contribution >= 4 is 23.5 Å². The molecule has 33 heavy (non-hydrogen) atoms. The van der Waals surface area contributed by atoms with Gasteiger partial charge in [0.2, 0.25) is 11.8 Å². The predicted octanol–water partition coefficient (Wildman–Crippen LogP) is 3.05. The lowest BCUT2D eigenvalue weighted by molar-refractivity contribution is -0.146. The number of benzene rings is 2. The van der Waals surface area contributed by atoms with Crippen molar-refractivity contribution in [2.45, 2.75) is 38.9 Å². The SMILES string of the molecule is CC1=C(C(=O)OCc2ccccc2)C2(C(=O)Nc3ccccc32)C(C(=O)OC(C)C)=C(N)O1. The highest BCUT2D eigenvalue weighted by Gasteiger charge is 2.61. The van der Waals surface area contributed by atoms with Crippen molar-refractivity contribution in [1.82, 2.24) is 0 Å². The lowest BCUT2D eigenvalue weighted by Gasteiger charge is -2.35. The first kappa shape index (κ1) is 22.1. The fourth-order valence-corrected chi connectivity index (χ4v) is 4.21. The van der Waals surface area contributed by atoms with E-state index in [2.05, 4.69) is 5.32 Å². The third kappa shape index (κ3) is 3.63. The molecule has 0 fully saturated rings. The normalized spacial score (nSPS) is 19.3. The van der Waals surface area contributed by atoms with Crippen molar-refractivity contribution in [3.05, 3.63) is 88.5 Å². The third-order valence-electron chi connectivity index (χ3n) is 5.50. The minimum Gasteiger partial charge on any atom is -0.459 e. The number of nitrogens with two attached hydrogens (primary N) is 1. The van der Waals surface area contributed by atoms with E-state index in [9.17, 15) is 14.4 Å².